The maximum absolute atomic E-state index is 12.9. The Hall–Kier alpha value is -1.76. The summed E-state index contributed by atoms with van der Waals surface area (Å²) in [5, 5.41) is 2.65. The molecule has 7 heteroatoms. The van der Waals surface area contributed by atoms with Gasteiger partial charge in [0, 0.05) is 33.4 Å². The van der Waals surface area contributed by atoms with Gasteiger partial charge in [-0.3, -0.25) is 0 Å². The topological polar surface area (TPSA) is 41.6 Å². The van der Waals surface area contributed by atoms with Gasteiger partial charge in [0.05, 0.1) is 5.56 Å². The third kappa shape index (κ3) is 5.93. The summed E-state index contributed by atoms with van der Waals surface area (Å²) in [5.74, 6) is 0. The number of ether oxygens (including phenoxy) is 1. The molecule has 1 aromatic carbocycles. The van der Waals surface area contributed by atoms with Crippen molar-refractivity contribution in [2.45, 2.75) is 26.1 Å². The SMILES string of the molecule is CCOCCCNC(=O)N(C)Cc1ccccc1C(F)(F)F. The van der Waals surface area contributed by atoms with Gasteiger partial charge in [-0.05, 0) is 25.0 Å². The second kappa shape index (κ2) is 8.63. The van der Waals surface area contributed by atoms with Crippen LogP contribution in [0.2, 0.25) is 0 Å². The molecule has 1 N–H and O–H groups in total. The first-order valence-electron chi connectivity index (χ1n) is 7.08. The van der Waals surface area contributed by atoms with Gasteiger partial charge in [0.25, 0.3) is 0 Å². The first-order valence-corrected chi connectivity index (χ1v) is 7.08. The molecule has 0 bridgehead atoms. The Morgan fingerprint density at radius 1 is 1.32 bits per heavy atom. The Kier molecular flexibility index (Phi) is 7.17. The van der Waals surface area contributed by atoms with Crippen LogP contribution in [0, 0.1) is 0 Å². The van der Waals surface area contributed by atoms with E-state index in [1.54, 1.807) is 0 Å². The number of alkyl halides is 3. The fraction of sp³-hybridized carbons (Fsp3) is 0.533. The molecule has 0 saturated heterocycles. The van der Waals surface area contributed by atoms with Gasteiger partial charge in [0.2, 0.25) is 0 Å². The van der Waals surface area contributed by atoms with Crippen LogP contribution in [0.5, 0.6) is 0 Å². The van der Waals surface area contributed by atoms with Crippen molar-refractivity contribution in [2.24, 2.45) is 0 Å². The number of nitrogens with zero attached hydrogens (tertiary/aromatic N) is 1. The van der Waals surface area contributed by atoms with Crippen LogP contribution in [0.15, 0.2) is 24.3 Å². The summed E-state index contributed by atoms with van der Waals surface area (Å²) >= 11 is 0. The molecule has 4 nitrogen and oxygen atoms in total. The van der Waals surface area contributed by atoms with Gasteiger partial charge < -0.3 is 15.0 Å². The molecule has 0 atom stereocenters. The van der Waals surface area contributed by atoms with Crippen LogP contribution in [0.4, 0.5) is 18.0 Å². The lowest BCUT2D eigenvalue weighted by atomic mass is 10.1. The van der Waals surface area contributed by atoms with Crippen molar-refractivity contribution in [3.8, 4) is 0 Å². The van der Waals surface area contributed by atoms with E-state index in [9.17, 15) is 18.0 Å². The molecule has 1 rings (SSSR count). The van der Waals surface area contributed by atoms with Crippen molar-refractivity contribution in [3.63, 3.8) is 0 Å². The molecule has 22 heavy (non-hydrogen) atoms. The zero-order chi connectivity index (χ0) is 16.6. The third-order valence-electron chi connectivity index (χ3n) is 3.02. The molecule has 2 amide bonds. The summed E-state index contributed by atoms with van der Waals surface area (Å²) in [6.07, 6.45) is -3.77. The Labute approximate surface area is 128 Å². The van der Waals surface area contributed by atoms with E-state index < -0.39 is 17.8 Å². The number of halogens is 3. The van der Waals surface area contributed by atoms with E-state index in [4.69, 9.17) is 4.74 Å². The van der Waals surface area contributed by atoms with E-state index >= 15 is 0 Å². The molecule has 0 spiro atoms. The minimum atomic E-state index is -4.43. The lowest BCUT2D eigenvalue weighted by Crippen LogP contribution is -2.37. The number of hydrogen-bond donors (Lipinski definition) is 1. The van der Waals surface area contributed by atoms with E-state index in [0.717, 1.165) is 6.07 Å². The van der Waals surface area contributed by atoms with Crippen molar-refractivity contribution >= 4 is 6.03 Å². The fourth-order valence-corrected chi connectivity index (χ4v) is 1.91. The Bertz CT molecular complexity index is 478. The zero-order valence-electron chi connectivity index (χ0n) is 12.7. The van der Waals surface area contributed by atoms with E-state index in [0.29, 0.717) is 26.2 Å². The number of urea groups is 1. The van der Waals surface area contributed by atoms with Crippen LogP contribution in [0.1, 0.15) is 24.5 Å². The van der Waals surface area contributed by atoms with Crippen molar-refractivity contribution in [1.29, 1.82) is 0 Å². The maximum Gasteiger partial charge on any atom is 0.416 e. The van der Waals surface area contributed by atoms with Gasteiger partial charge >= 0.3 is 12.2 Å². The quantitative estimate of drug-likeness (QED) is 0.784. The number of amides is 2. The minimum absolute atomic E-state index is 0.0713. The molecule has 0 fully saturated rings. The summed E-state index contributed by atoms with van der Waals surface area (Å²) in [7, 11) is 1.46. The van der Waals surface area contributed by atoms with E-state index in [1.807, 2.05) is 6.92 Å². The number of benzene rings is 1. The maximum atomic E-state index is 12.9. The molecule has 0 radical (unpaired) electrons. The third-order valence-corrected chi connectivity index (χ3v) is 3.02. The molecule has 0 aliphatic carbocycles. The summed E-state index contributed by atoms with van der Waals surface area (Å²) in [4.78, 5) is 13.1. The lowest BCUT2D eigenvalue weighted by molar-refractivity contribution is -0.138. The molecule has 1 aromatic rings. The second-order valence-electron chi connectivity index (χ2n) is 4.79. The largest absolute Gasteiger partial charge is 0.416 e. The summed E-state index contributed by atoms with van der Waals surface area (Å²) in [5.41, 5.74) is -0.645. The molecular formula is C15H21F3N2O2. The van der Waals surface area contributed by atoms with Crippen LogP contribution in [-0.2, 0) is 17.5 Å². The first kappa shape index (κ1) is 18.3. The number of carbonyl (C=O) groups excluding carboxylic acids is 1. The van der Waals surface area contributed by atoms with Crippen molar-refractivity contribution in [1.82, 2.24) is 10.2 Å². The molecule has 0 aliphatic rings. The average Bonchev–Trinajstić information content (AvgIpc) is 2.46. The van der Waals surface area contributed by atoms with Crippen LogP contribution in [0.3, 0.4) is 0 Å². The molecular weight excluding hydrogens is 297 g/mol. The molecule has 0 heterocycles. The van der Waals surface area contributed by atoms with Gasteiger partial charge in [0.15, 0.2) is 0 Å². The summed E-state index contributed by atoms with van der Waals surface area (Å²) < 4.78 is 43.8. The molecule has 0 aliphatic heterocycles. The smallest absolute Gasteiger partial charge is 0.382 e. The highest BCUT2D eigenvalue weighted by Gasteiger charge is 2.33. The monoisotopic (exact) mass is 318 g/mol. The molecule has 0 saturated carbocycles. The summed E-state index contributed by atoms with van der Waals surface area (Å²) in [6, 6.07) is 4.84. The molecule has 0 aromatic heterocycles. The highest BCUT2D eigenvalue weighted by atomic mass is 19.4. The first-order chi connectivity index (χ1) is 10.4. The van der Waals surface area contributed by atoms with Gasteiger partial charge in [-0.1, -0.05) is 18.2 Å². The van der Waals surface area contributed by atoms with Crippen LogP contribution in [0.25, 0.3) is 0 Å². The van der Waals surface area contributed by atoms with Crippen molar-refractivity contribution in [3.05, 3.63) is 35.4 Å². The Morgan fingerprint density at radius 3 is 2.64 bits per heavy atom. The highest BCUT2D eigenvalue weighted by molar-refractivity contribution is 5.73. The Morgan fingerprint density at radius 2 is 2.00 bits per heavy atom. The van der Waals surface area contributed by atoms with Crippen LogP contribution < -0.4 is 5.32 Å². The fourth-order valence-electron chi connectivity index (χ4n) is 1.91. The van der Waals surface area contributed by atoms with Gasteiger partial charge in [-0.25, -0.2) is 4.79 Å². The Balaban J connectivity index is 2.54. The average molecular weight is 318 g/mol. The number of hydrogen-bond acceptors (Lipinski definition) is 2. The number of rotatable bonds is 7. The molecule has 124 valence electrons. The van der Waals surface area contributed by atoms with E-state index in [-0.39, 0.29) is 12.1 Å². The van der Waals surface area contributed by atoms with E-state index in [1.165, 1.54) is 30.1 Å². The highest BCUT2D eigenvalue weighted by Crippen LogP contribution is 2.32. The predicted octanol–water partition coefficient (Wildman–Crippen LogP) is 3.27. The normalized spacial score (nSPS) is 11.3. The summed E-state index contributed by atoms with van der Waals surface area (Å²) in [6.45, 7) is 3.35. The number of carbonyl (C=O) groups is 1. The van der Waals surface area contributed by atoms with Crippen molar-refractivity contribution < 1.29 is 22.7 Å². The standard InChI is InChI=1S/C15H21F3N2O2/c1-3-22-10-6-9-19-14(21)20(2)11-12-7-4-5-8-13(12)15(16,17)18/h4-5,7-8H,3,6,9-11H2,1-2H3,(H,19,21). The van der Waals surface area contributed by atoms with Gasteiger partial charge in [0.1, 0.15) is 0 Å². The lowest BCUT2D eigenvalue weighted by Gasteiger charge is -2.20. The number of nitrogens with one attached hydrogen (secondary N) is 1. The van der Waals surface area contributed by atoms with Crippen molar-refractivity contribution in [2.75, 3.05) is 26.8 Å². The van der Waals surface area contributed by atoms with E-state index in [2.05, 4.69) is 5.32 Å². The van der Waals surface area contributed by atoms with Crippen LogP contribution in [-0.4, -0.2) is 37.7 Å². The molecule has 0 unspecified atom stereocenters. The van der Waals surface area contributed by atoms with Gasteiger partial charge in [-0.15, -0.1) is 0 Å². The zero-order valence-corrected chi connectivity index (χ0v) is 12.7. The second-order valence-corrected chi connectivity index (χ2v) is 4.79. The minimum Gasteiger partial charge on any atom is -0.382 e. The predicted molar refractivity (Wildman–Crippen MR) is 77.4 cm³/mol. The van der Waals surface area contributed by atoms with Crippen LogP contribution >= 0.6 is 0 Å². The van der Waals surface area contributed by atoms with Gasteiger partial charge in [-0.2, -0.15) is 13.2 Å².